The zero-order valence-electron chi connectivity index (χ0n) is 20.7. The van der Waals surface area contributed by atoms with E-state index in [9.17, 15) is 32.3 Å². The Morgan fingerprint density at radius 1 is 0.947 bits per heavy atom. The quantitative estimate of drug-likeness (QED) is 0.336. The lowest BCUT2D eigenvalue weighted by molar-refractivity contribution is -0.255. The molecule has 2 aromatic carbocycles. The lowest BCUT2D eigenvalue weighted by atomic mass is 10.0. The Hall–Kier alpha value is -4.12. The Balaban J connectivity index is 1.69. The van der Waals surface area contributed by atoms with Crippen LogP contribution in [-0.4, -0.2) is 37.7 Å². The van der Waals surface area contributed by atoms with Crippen molar-refractivity contribution in [2.75, 3.05) is 6.54 Å². The lowest BCUT2D eigenvalue weighted by Gasteiger charge is -2.12. The number of nitrogens with one attached hydrogen (secondary N) is 2. The minimum atomic E-state index is -4.36. The van der Waals surface area contributed by atoms with Crippen LogP contribution in [0, 0.1) is 5.82 Å². The van der Waals surface area contributed by atoms with Gasteiger partial charge >= 0.3 is 0 Å². The second kappa shape index (κ2) is 12.9. The first-order valence-corrected chi connectivity index (χ1v) is 13.5. The number of aromatic carboxylic acids is 1. The van der Waals surface area contributed by atoms with Gasteiger partial charge in [0, 0.05) is 18.3 Å². The molecule has 0 unspecified atom stereocenters. The van der Waals surface area contributed by atoms with E-state index in [1.54, 1.807) is 12.1 Å². The van der Waals surface area contributed by atoms with Crippen molar-refractivity contribution in [3.8, 4) is 0 Å². The van der Waals surface area contributed by atoms with Crippen LogP contribution >= 0.6 is 0 Å². The number of rotatable bonds is 12. The summed E-state index contributed by atoms with van der Waals surface area (Å²) in [6.45, 7) is 2.23. The summed E-state index contributed by atoms with van der Waals surface area (Å²) in [6, 6.07) is 12.3. The van der Waals surface area contributed by atoms with Crippen molar-refractivity contribution in [1.29, 1.82) is 0 Å². The third-order valence-corrected chi connectivity index (χ3v) is 7.05. The van der Waals surface area contributed by atoms with E-state index in [0.29, 0.717) is 19.3 Å². The number of sulfonamides is 1. The molecule has 1 aromatic heterocycles. The molecule has 9 nitrogen and oxygen atoms in total. The van der Waals surface area contributed by atoms with E-state index < -0.39 is 27.8 Å². The normalized spacial score (nSPS) is 11.1. The molecule has 0 saturated carbocycles. The second-order valence-corrected chi connectivity index (χ2v) is 10.3. The van der Waals surface area contributed by atoms with Crippen LogP contribution in [0.4, 0.5) is 4.39 Å². The van der Waals surface area contributed by atoms with Gasteiger partial charge in [0.25, 0.3) is 21.8 Å². The zero-order chi connectivity index (χ0) is 27.7. The summed E-state index contributed by atoms with van der Waals surface area (Å²) >= 11 is 0. The van der Waals surface area contributed by atoms with Crippen LogP contribution in [0.3, 0.4) is 0 Å². The number of hydrogen-bond acceptors (Lipinski definition) is 7. The number of unbranched alkanes of at least 4 members (excludes halogenated alkanes) is 2. The Kier molecular flexibility index (Phi) is 9.66. The number of nitrogens with zero attached hydrogens (tertiary/aromatic N) is 1. The van der Waals surface area contributed by atoms with Gasteiger partial charge in [0.2, 0.25) is 0 Å². The van der Waals surface area contributed by atoms with Crippen molar-refractivity contribution in [2.45, 2.75) is 43.9 Å². The van der Waals surface area contributed by atoms with Crippen LogP contribution < -0.4 is 15.1 Å². The predicted molar refractivity (Wildman–Crippen MR) is 135 cm³/mol. The summed E-state index contributed by atoms with van der Waals surface area (Å²) in [6.07, 6.45) is 4.18. The van der Waals surface area contributed by atoms with Gasteiger partial charge < -0.3 is 15.2 Å². The van der Waals surface area contributed by atoms with Crippen LogP contribution in [0.5, 0.6) is 0 Å². The number of carbonyl (C=O) groups excluding carboxylic acids is 3. The molecule has 2 N–H and O–H groups in total. The molecule has 1 heterocycles. The average Bonchev–Trinajstić information content (AvgIpc) is 2.89. The molecule has 3 rings (SSSR count). The fourth-order valence-corrected chi connectivity index (χ4v) is 4.71. The maximum Gasteiger partial charge on any atom is 0.266 e. The molecule has 0 aliphatic rings. The predicted octanol–water partition coefficient (Wildman–Crippen LogP) is 2.41. The van der Waals surface area contributed by atoms with E-state index >= 15 is 0 Å². The van der Waals surface area contributed by atoms with E-state index in [1.807, 2.05) is 11.6 Å². The molecule has 0 spiro atoms. The number of aromatic nitrogens is 1. The minimum absolute atomic E-state index is 0.0672. The molecular weight excluding hydrogens is 513 g/mol. The van der Waals surface area contributed by atoms with Crippen LogP contribution in [0.15, 0.2) is 65.7 Å². The number of amides is 2. The van der Waals surface area contributed by atoms with Crippen LogP contribution in [0.2, 0.25) is 0 Å². The Morgan fingerprint density at radius 2 is 1.68 bits per heavy atom. The zero-order valence-corrected chi connectivity index (χ0v) is 21.5. The summed E-state index contributed by atoms with van der Waals surface area (Å²) in [5.41, 5.74) is 0.750. The van der Waals surface area contributed by atoms with E-state index in [-0.39, 0.29) is 39.6 Å². The van der Waals surface area contributed by atoms with Crippen molar-refractivity contribution < 1.29 is 32.3 Å². The van der Waals surface area contributed by atoms with Crippen molar-refractivity contribution in [3.63, 3.8) is 0 Å². The fraction of sp³-hybridized carbons (Fsp3) is 0.259. The van der Waals surface area contributed by atoms with Gasteiger partial charge in [-0.15, -0.1) is 0 Å². The molecule has 3 aromatic rings. The minimum Gasteiger partial charge on any atom is -0.543 e. The monoisotopic (exact) mass is 540 g/mol. The first-order chi connectivity index (χ1) is 18.1. The number of hydrogen-bond donors (Lipinski definition) is 2. The highest BCUT2D eigenvalue weighted by atomic mass is 32.2. The van der Waals surface area contributed by atoms with Crippen LogP contribution in [-0.2, 0) is 22.9 Å². The highest BCUT2D eigenvalue weighted by molar-refractivity contribution is 7.90. The molecule has 11 heteroatoms. The first kappa shape index (κ1) is 28.5. The molecule has 0 aliphatic carbocycles. The molecule has 38 heavy (non-hydrogen) atoms. The summed E-state index contributed by atoms with van der Waals surface area (Å²) < 4.78 is 40.7. The summed E-state index contributed by atoms with van der Waals surface area (Å²) in [5.74, 6) is -3.35. The number of benzene rings is 2. The van der Waals surface area contributed by atoms with Gasteiger partial charge in [-0.2, -0.15) is 0 Å². The molecule has 0 saturated heterocycles. The van der Waals surface area contributed by atoms with Gasteiger partial charge in [0.05, 0.1) is 22.1 Å². The third kappa shape index (κ3) is 7.69. The van der Waals surface area contributed by atoms with Crippen molar-refractivity contribution in [3.05, 3.63) is 94.6 Å². The number of carbonyl (C=O) groups is 3. The number of carboxylic acid groups (broad SMARTS) is 1. The molecule has 0 aliphatic heterocycles. The van der Waals surface area contributed by atoms with Gasteiger partial charge in [-0.1, -0.05) is 38.0 Å². The average molecular weight is 541 g/mol. The highest BCUT2D eigenvalue weighted by Crippen LogP contribution is 2.16. The number of carboxylic acids is 1. The molecule has 0 bridgehead atoms. The van der Waals surface area contributed by atoms with Gasteiger partial charge in [0.15, 0.2) is 0 Å². The molecule has 200 valence electrons. The Morgan fingerprint density at radius 3 is 2.37 bits per heavy atom. The smallest absolute Gasteiger partial charge is 0.266 e. The maximum absolute atomic E-state index is 13.0. The van der Waals surface area contributed by atoms with Gasteiger partial charge in [-0.25, -0.2) is 17.5 Å². The number of halogens is 1. The largest absolute Gasteiger partial charge is 0.543 e. The maximum atomic E-state index is 13.0. The number of aryl methyl sites for hydroxylation is 1. The summed E-state index contributed by atoms with van der Waals surface area (Å²) in [5, 5.41) is 14.0. The molecule has 2 amide bonds. The van der Waals surface area contributed by atoms with Gasteiger partial charge in [0.1, 0.15) is 5.82 Å². The summed E-state index contributed by atoms with van der Waals surface area (Å²) in [7, 11) is -4.36. The van der Waals surface area contributed by atoms with E-state index in [0.717, 1.165) is 30.7 Å². The molecular formula is C27H27FN3O6S-. The van der Waals surface area contributed by atoms with Crippen molar-refractivity contribution in [1.82, 2.24) is 15.0 Å². The van der Waals surface area contributed by atoms with Crippen molar-refractivity contribution in [2.24, 2.45) is 0 Å². The van der Waals surface area contributed by atoms with Crippen molar-refractivity contribution >= 4 is 27.8 Å². The van der Waals surface area contributed by atoms with Crippen LogP contribution in [0.25, 0.3) is 0 Å². The first-order valence-electron chi connectivity index (χ1n) is 12.0. The molecule has 0 radical (unpaired) electrons. The topological polar surface area (TPSA) is 145 Å². The highest BCUT2D eigenvalue weighted by Gasteiger charge is 2.21. The fourth-order valence-electron chi connectivity index (χ4n) is 3.69. The Bertz CT molecular complexity index is 1420. The SMILES string of the molecule is CCCCCc1cc(C(=O)NS(=O)(=O)c2cccc(C(=O)NCCc3ccc(F)cc3)c2)cnc1C(=O)[O-]. The molecule has 0 fully saturated rings. The standard InChI is InChI=1S/C27H28FN3O6S/c1-2-3-4-6-19-15-21(17-30-24(19)27(34)35)26(33)31-38(36,37)23-8-5-7-20(16-23)25(32)29-14-13-18-9-11-22(28)12-10-18/h5,7-12,15-17H,2-4,6,13-14H2,1H3,(H,29,32)(H,31,33)(H,34,35)/p-1. The van der Waals surface area contributed by atoms with Crippen LogP contribution in [0.1, 0.15) is 68.5 Å². The van der Waals surface area contributed by atoms with E-state index in [2.05, 4.69) is 10.3 Å². The van der Waals surface area contributed by atoms with E-state index in [4.69, 9.17) is 0 Å². The van der Waals surface area contributed by atoms with E-state index in [1.165, 1.54) is 36.4 Å². The third-order valence-electron chi connectivity index (χ3n) is 5.72. The lowest BCUT2D eigenvalue weighted by Crippen LogP contribution is -2.32. The number of pyridine rings is 1. The Labute approximate surface area is 220 Å². The summed E-state index contributed by atoms with van der Waals surface area (Å²) in [4.78, 5) is 40.1. The second-order valence-electron chi connectivity index (χ2n) is 8.57. The molecule has 0 atom stereocenters. The van der Waals surface area contributed by atoms with Gasteiger partial charge in [-0.05, 0) is 66.8 Å². The van der Waals surface area contributed by atoms with Gasteiger partial charge in [-0.3, -0.25) is 14.6 Å².